The molecule has 0 bridgehead atoms. The SMILES string of the molecule is CCCNC(c1cccc(CC)c1)C1CSC(C)C(C)S1. The zero-order chi connectivity index (χ0) is 15.2. The minimum absolute atomic E-state index is 0.490. The van der Waals surface area contributed by atoms with Gasteiger partial charge in [-0.2, -0.15) is 23.5 Å². The molecule has 0 radical (unpaired) electrons. The van der Waals surface area contributed by atoms with E-state index in [2.05, 4.69) is 80.8 Å². The van der Waals surface area contributed by atoms with Gasteiger partial charge in [0.2, 0.25) is 0 Å². The Labute approximate surface area is 139 Å². The average Bonchev–Trinajstić information content (AvgIpc) is 2.51. The van der Waals surface area contributed by atoms with E-state index in [-0.39, 0.29) is 0 Å². The van der Waals surface area contributed by atoms with Gasteiger partial charge in [0.15, 0.2) is 0 Å². The largest absolute Gasteiger partial charge is 0.309 e. The third kappa shape index (κ3) is 4.67. The molecule has 2 rings (SSSR count). The fourth-order valence-electron chi connectivity index (χ4n) is 2.75. The number of hydrogen-bond donors (Lipinski definition) is 1. The van der Waals surface area contributed by atoms with Crippen LogP contribution in [0, 0.1) is 0 Å². The topological polar surface area (TPSA) is 12.0 Å². The molecule has 1 saturated heterocycles. The first-order valence-corrected chi connectivity index (χ1v) is 10.2. The van der Waals surface area contributed by atoms with Crippen molar-refractivity contribution >= 4 is 23.5 Å². The van der Waals surface area contributed by atoms with Crippen molar-refractivity contribution in [1.82, 2.24) is 5.32 Å². The van der Waals surface area contributed by atoms with Gasteiger partial charge in [-0.1, -0.05) is 52.0 Å². The number of rotatable bonds is 6. The van der Waals surface area contributed by atoms with E-state index in [4.69, 9.17) is 0 Å². The molecule has 0 spiro atoms. The molecule has 21 heavy (non-hydrogen) atoms. The van der Waals surface area contributed by atoms with E-state index in [0.29, 0.717) is 11.3 Å². The molecule has 3 heteroatoms. The van der Waals surface area contributed by atoms with E-state index in [1.165, 1.54) is 23.3 Å². The highest BCUT2D eigenvalue weighted by Crippen LogP contribution is 2.41. The van der Waals surface area contributed by atoms with Crippen LogP contribution in [0.15, 0.2) is 24.3 Å². The second-order valence-electron chi connectivity index (χ2n) is 5.95. The third-order valence-electron chi connectivity index (χ3n) is 4.28. The van der Waals surface area contributed by atoms with Gasteiger partial charge >= 0.3 is 0 Å². The van der Waals surface area contributed by atoms with Crippen LogP contribution >= 0.6 is 23.5 Å². The molecule has 0 aromatic heterocycles. The quantitative estimate of drug-likeness (QED) is 0.798. The van der Waals surface area contributed by atoms with E-state index < -0.39 is 0 Å². The molecule has 1 heterocycles. The number of nitrogens with one attached hydrogen (secondary N) is 1. The van der Waals surface area contributed by atoms with Crippen LogP contribution in [0.5, 0.6) is 0 Å². The molecule has 4 unspecified atom stereocenters. The lowest BCUT2D eigenvalue weighted by Gasteiger charge is -2.36. The fourth-order valence-corrected chi connectivity index (χ4v) is 5.87. The van der Waals surface area contributed by atoms with Crippen LogP contribution in [-0.4, -0.2) is 28.0 Å². The Morgan fingerprint density at radius 1 is 1.24 bits per heavy atom. The van der Waals surface area contributed by atoms with Gasteiger partial charge in [0, 0.05) is 27.5 Å². The molecule has 1 aromatic rings. The molecule has 1 fully saturated rings. The predicted molar refractivity (Wildman–Crippen MR) is 99.6 cm³/mol. The Morgan fingerprint density at radius 2 is 2.05 bits per heavy atom. The van der Waals surface area contributed by atoms with Gasteiger partial charge in [-0.05, 0) is 30.5 Å². The summed E-state index contributed by atoms with van der Waals surface area (Å²) in [7, 11) is 0. The summed E-state index contributed by atoms with van der Waals surface area (Å²) in [6.45, 7) is 10.3. The molecular weight excluding hydrogens is 294 g/mol. The highest BCUT2D eigenvalue weighted by atomic mass is 32.2. The highest BCUT2D eigenvalue weighted by molar-refractivity contribution is 8.07. The Morgan fingerprint density at radius 3 is 2.71 bits per heavy atom. The molecule has 118 valence electrons. The second kappa shape index (κ2) is 8.50. The lowest BCUT2D eigenvalue weighted by atomic mass is 10.0. The van der Waals surface area contributed by atoms with Crippen molar-refractivity contribution in [2.75, 3.05) is 12.3 Å². The molecule has 1 aliphatic rings. The summed E-state index contributed by atoms with van der Waals surface area (Å²) in [4.78, 5) is 0. The van der Waals surface area contributed by atoms with E-state index in [1.807, 2.05) is 0 Å². The summed E-state index contributed by atoms with van der Waals surface area (Å²) >= 11 is 4.32. The van der Waals surface area contributed by atoms with Gasteiger partial charge in [0.1, 0.15) is 0 Å². The Kier molecular flexibility index (Phi) is 6.97. The van der Waals surface area contributed by atoms with Gasteiger partial charge in [0.25, 0.3) is 0 Å². The molecule has 4 atom stereocenters. The minimum atomic E-state index is 0.490. The summed E-state index contributed by atoms with van der Waals surface area (Å²) in [6, 6.07) is 9.67. The second-order valence-corrected chi connectivity index (χ2v) is 8.98. The zero-order valence-corrected chi connectivity index (χ0v) is 15.4. The molecule has 0 aliphatic carbocycles. The van der Waals surface area contributed by atoms with Crippen molar-refractivity contribution < 1.29 is 0 Å². The molecule has 1 aliphatic heterocycles. The van der Waals surface area contributed by atoms with Crippen molar-refractivity contribution in [2.45, 2.75) is 62.3 Å². The number of thioether (sulfide) groups is 2. The van der Waals surface area contributed by atoms with Crippen molar-refractivity contribution in [1.29, 1.82) is 0 Å². The summed E-state index contributed by atoms with van der Waals surface area (Å²) < 4.78 is 0. The van der Waals surface area contributed by atoms with Crippen molar-refractivity contribution in [3.05, 3.63) is 35.4 Å². The maximum atomic E-state index is 3.81. The molecular formula is C18H29NS2. The number of benzene rings is 1. The molecule has 1 nitrogen and oxygen atoms in total. The van der Waals surface area contributed by atoms with Crippen LogP contribution in [-0.2, 0) is 6.42 Å². The smallest absolute Gasteiger partial charge is 0.0448 e. The average molecular weight is 324 g/mol. The summed E-state index contributed by atoms with van der Waals surface area (Å²) in [5, 5.41) is 6.01. The van der Waals surface area contributed by atoms with Crippen LogP contribution < -0.4 is 5.32 Å². The maximum Gasteiger partial charge on any atom is 0.0448 e. The van der Waals surface area contributed by atoms with E-state index in [9.17, 15) is 0 Å². The van der Waals surface area contributed by atoms with Gasteiger partial charge in [-0.15, -0.1) is 0 Å². The van der Waals surface area contributed by atoms with Crippen LogP contribution in [0.3, 0.4) is 0 Å². The molecule has 0 amide bonds. The normalized spacial score (nSPS) is 27.5. The Hall–Kier alpha value is -0.120. The third-order valence-corrected chi connectivity index (χ3v) is 7.77. The predicted octanol–water partition coefficient (Wildman–Crippen LogP) is 4.92. The lowest BCUT2D eigenvalue weighted by Crippen LogP contribution is -2.37. The van der Waals surface area contributed by atoms with Crippen LogP contribution in [0.2, 0.25) is 0 Å². The minimum Gasteiger partial charge on any atom is -0.309 e. The molecule has 1 N–H and O–H groups in total. The van der Waals surface area contributed by atoms with Gasteiger partial charge in [-0.3, -0.25) is 0 Å². The number of hydrogen-bond acceptors (Lipinski definition) is 3. The summed E-state index contributed by atoms with van der Waals surface area (Å²) in [6.07, 6.45) is 2.31. The first kappa shape index (κ1) is 17.2. The van der Waals surface area contributed by atoms with Gasteiger partial charge < -0.3 is 5.32 Å². The molecule has 0 saturated carbocycles. The van der Waals surface area contributed by atoms with Crippen molar-refractivity contribution in [3.8, 4) is 0 Å². The highest BCUT2D eigenvalue weighted by Gasteiger charge is 2.31. The van der Waals surface area contributed by atoms with Crippen molar-refractivity contribution in [3.63, 3.8) is 0 Å². The standard InChI is InChI=1S/C18H29NS2/c1-5-10-19-18(16-9-7-8-15(6-2)11-16)17-12-20-13(3)14(4)21-17/h7-9,11,13-14,17-19H,5-6,10,12H2,1-4H3. The van der Waals surface area contributed by atoms with E-state index >= 15 is 0 Å². The van der Waals surface area contributed by atoms with Crippen molar-refractivity contribution in [2.24, 2.45) is 0 Å². The maximum absolute atomic E-state index is 3.81. The van der Waals surface area contributed by atoms with Crippen LogP contribution in [0.1, 0.15) is 51.3 Å². The zero-order valence-electron chi connectivity index (χ0n) is 13.8. The lowest BCUT2D eigenvalue weighted by molar-refractivity contribution is 0.527. The Balaban J connectivity index is 2.17. The monoisotopic (exact) mass is 323 g/mol. The van der Waals surface area contributed by atoms with Crippen LogP contribution in [0.25, 0.3) is 0 Å². The van der Waals surface area contributed by atoms with Gasteiger partial charge in [0.05, 0.1) is 0 Å². The summed E-state index contributed by atoms with van der Waals surface area (Å²) in [5.74, 6) is 1.26. The summed E-state index contributed by atoms with van der Waals surface area (Å²) in [5.41, 5.74) is 2.92. The molecule has 1 aromatic carbocycles. The Bertz CT molecular complexity index is 435. The number of aryl methyl sites for hydroxylation is 1. The van der Waals surface area contributed by atoms with Gasteiger partial charge in [-0.25, -0.2) is 0 Å². The fraction of sp³-hybridized carbons (Fsp3) is 0.667. The first-order chi connectivity index (χ1) is 10.2. The van der Waals surface area contributed by atoms with E-state index in [0.717, 1.165) is 23.5 Å². The van der Waals surface area contributed by atoms with Crippen LogP contribution in [0.4, 0.5) is 0 Å². The first-order valence-electron chi connectivity index (χ1n) is 8.25. The van der Waals surface area contributed by atoms with E-state index in [1.54, 1.807) is 0 Å².